The Morgan fingerprint density at radius 2 is 1.77 bits per heavy atom. The number of aliphatic hydroxyl groups excluding tert-OH is 1. The van der Waals surface area contributed by atoms with Gasteiger partial charge in [-0.3, -0.25) is 9.69 Å². The van der Waals surface area contributed by atoms with Crippen LogP contribution in [0.3, 0.4) is 0 Å². The summed E-state index contributed by atoms with van der Waals surface area (Å²) in [6, 6.07) is 15.5. The highest BCUT2D eigenvalue weighted by molar-refractivity contribution is 9.10. The fourth-order valence-electron chi connectivity index (χ4n) is 4.05. The molecule has 1 aliphatic rings. The first kappa shape index (κ1) is 22.0. The van der Waals surface area contributed by atoms with Crippen LogP contribution in [0.25, 0.3) is 17.0 Å². The Hall–Kier alpha value is -2.25. The van der Waals surface area contributed by atoms with Crippen molar-refractivity contribution < 1.29 is 9.90 Å². The Morgan fingerprint density at radius 3 is 2.52 bits per heavy atom. The molecule has 0 aliphatic carbocycles. The van der Waals surface area contributed by atoms with E-state index < -0.39 is 6.10 Å². The van der Waals surface area contributed by atoms with Crippen molar-refractivity contribution in [1.82, 2.24) is 14.4 Å². The Labute approximate surface area is 191 Å². The van der Waals surface area contributed by atoms with E-state index in [0.717, 1.165) is 47.1 Å². The molecule has 5 nitrogen and oxygen atoms in total. The average molecular weight is 482 g/mol. The number of nitrogens with zero attached hydrogens (tertiary/aromatic N) is 3. The number of hydrogen-bond donors (Lipinski definition) is 1. The van der Waals surface area contributed by atoms with Crippen LogP contribution in [0.5, 0.6) is 0 Å². The van der Waals surface area contributed by atoms with Crippen LogP contribution in [-0.2, 0) is 6.54 Å². The molecule has 0 amide bonds. The van der Waals surface area contributed by atoms with E-state index in [1.165, 1.54) is 0 Å². The highest BCUT2D eigenvalue weighted by atomic mass is 79.9. The lowest BCUT2D eigenvalue weighted by atomic mass is 10.1. The number of para-hydroxylation sites is 1. The van der Waals surface area contributed by atoms with Crippen LogP contribution in [0.2, 0.25) is 0 Å². The van der Waals surface area contributed by atoms with Gasteiger partial charge in [0.2, 0.25) is 0 Å². The van der Waals surface area contributed by atoms with E-state index in [0.29, 0.717) is 18.7 Å². The number of aliphatic hydroxyl groups is 1. The first-order valence-corrected chi connectivity index (χ1v) is 11.4. The number of carbonyl (C=O) groups excluding carboxylic acids is 1. The standard InChI is InChI=1S/C25H28BrN3O2/c1-27-12-14-28(15-13-27)17-22(30)18-29-16-20(23-4-2-3-5-24(23)29)8-11-25(31)19-6-9-21(26)10-7-19/h2-11,16,22,30H,12-15,17-18H2,1H3/b11-8+/t22-/m1/s1. The van der Waals surface area contributed by atoms with Gasteiger partial charge in [-0.2, -0.15) is 0 Å². The van der Waals surface area contributed by atoms with Crippen LogP contribution >= 0.6 is 15.9 Å². The summed E-state index contributed by atoms with van der Waals surface area (Å²) in [5, 5.41) is 11.8. The van der Waals surface area contributed by atoms with Crippen molar-refractivity contribution >= 4 is 38.7 Å². The first-order chi connectivity index (χ1) is 15.0. The zero-order valence-corrected chi connectivity index (χ0v) is 19.3. The van der Waals surface area contributed by atoms with Crippen molar-refractivity contribution in [2.45, 2.75) is 12.6 Å². The minimum Gasteiger partial charge on any atom is -0.390 e. The van der Waals surface area contributed by atoms with Crippen LogP contribution in [0.15, 0.2) is 65.3 Å². The topological polar surface area (TPSA) is 48.7 Å². The predicted molar refractivity (Wildman–Crippen MR) is 129 cm³/mol. The van der Waals surface area contributed by atoms with Crippen molar-refractivity contribution in [3.8, 4) is 0 Å². The van der Waals surface area contributed by atoms with E-state index in [2.05, 4.69) is 49.5 Å². The smallest absolute Gasteiger partial charge is 0.185 e. The van der Waals surface area contributed by atoms with Gasteiger partial charge in [0, 0.05) is 72.0 Å². The molecule has 162 valence electrons. The second-order valence-corrected chi connectivity index (χ2v) is 9.13. The van der Waals surface area contributed by atoms with Gasteiger partial charge in [-0.05, 0) is 49.5 Å². The Bertz CT molecular complexity index is 1070. The van der Waals surface area contributed by atoms with Crippen LogP contribution in [0, 0.1) is 0 Å². The summed E-state index contributed by atoms with van der Waals surface area (Å²) in [6.07, 6.45) is 5.08. The third kappa shape index (κ3) is 5.52. The number of fused-ring (bicyclic) bond motifs is 1. The number of likely N-dealkylation sites (N-methyl/N-ethyl adjacent to an activating group) is 1. The molecule has 1 fully saturated rings. The van der Waals surface area contributed by atoms with Gasteiger partial charge in [-0.15, -0.1) is 0 Å². The molecular weight excluding hydrogens is 454 g/mol. The number of allylic oxidation sites excluding steroid dienone is 1. The third-order valence-electron chi connectivity index (χ3n) is 5.83. The highest BCUT2D eigenvalue weighted by Crippen LogP contribution is 2.23. The van der Waals surface area contributed by atoms with E-state index in [4.69, 9.17) is 0 Å². The molecule has 31 heavy (non-hydrogen) atoms. The molecule has 2 aromatic carbocycles. The molecular formula is C25H28BrN3O2. The zero-order chi connectivity index (χ0) is 21.8. The van der Waals surface area contributed by atoms with Gasteiger partial charge in [-0.1, -0.05) is 34.1 Å². The molecule has 1 atom stereocenters. The maximum atomic E-state index is 12.5. The third-order valence-corrected chi connectivity index (χ3v) is 6.36. The lowest BCUT2D eigenvalue weighted by Crippen LogP contribution is -2.47. The minimum absolute atomic E-state index is 0.0283. The number of halogens is 1. The molecule has 3 aromatic rings. The Morgan fingerprint density at radius 1 is 1.06 bits per heavy atom. The van der Waals surface area contributed by atoms with Gasteiger partial charge in [0.15, 0.2) is 5.78 Å². The van der Waals surface area contributed by atoms with Crippen LogP contribution in [0.4, 0.5) is 0 Å². The van der Waals surface area contributed by atoms with Gasteiger partial charge in [0.1, 0.15) is 0 Å². The molecule has 1 saturated heterocycles. The fourth-order valence-corrected chi connectivity index (χ4v) is 4.31. The predicted octanol–water partition coefficient (Wildman–Crippen LogP) is 3.91. The lowest BCUT2D eigenvalue weighted by Gasteiger charge is -2.33. The number of hydrogen-bond acceptors (Lipinski definition) is 4. The van der Waals surface area contributed by atoms with Gasteiger partial charge in [0.25, 0.3) is 0 Å². The number of β-amino-alcohol motifs (C(OH)–C–C–N with tert-alkyl or cyclic N) is 1. The minimum atomic E-state index is -0.444. The van der Waals surface area contributed by atoms with Crippen LogP contribution < -0.4 is 0 Å². The monoisotopic (exact) mass is 481 g/mol. The highest BCUT2D eigenvalue weighted by Gasteiger charge is 2.18. The molecule has 0 bridgehead atoms. The lowest BCUT2D eigenvalue weighted by molar-refractivity contribution is 0.0717. The quantitative estimate of drug-likeness (QED) is 0.410. The molecule has 0 radical (unpaired) electrons. The van der Waals surface area contributed by atoms with Crippen LogP contribution in [-0.4, -0.2) is 71.1 Å². The van der Waals surface area contributed by atoms with E-state index in [9.17, 15) is 9.90 Å². The molecule has 1 aromatic heterocycles. The first-order valence-electron chi connectivity index (χ1n) is 10.6. The molecule has 1 N–H and O–H groups in total. The number of piperazine rings is 1. The number of rotatable bonds is 7. The molecule has 0 unspecified atom stereocenters. The largest absolute Gasteiger partial charge is 0.390 e. The van der Waals surface area contributed by atoms with Crippen molar-refractivity contribution in [3.05, 3.63) is 76.4 Å². The summed E-state index contributed by atoms with van der Waals surface area (Å²) in [6.45, 7) is 5.27. The van der Waals surface area contributed by atoms with Crippen molar-refractivity contribution in [3.63, 3.8) is 0 Å². The van der Waals surface area contributed by atoms with Gasteiger partial charge in [0.05, 0.1) is 6.10 Å². The second-order valence-electron chi connectivity index (χ2n) is 8.22. The number of ketones is 1. The molecule has 2 heterocycles. The Balaban J connectivity index is 1.49. The van der Waals surface area contributed by atoms with Gasteiger partial charge >= 0.3 is 0 Å². The summed E-state index contributed by atoms with van der Waals surface area (Å²) >= 11 is 3.40. The summed E-state index contributed by atoms with van der Waals surface area (Å²) in [5.74, 6) is -0.0283. The van der Waals surface area contributed by atoms with Gasteiger partial charge < -0.3 is 14.6 Å². The van der Waals surface area contributed by atoms with Crippen molar-refractivity contribution in [2.24, 2.45) is 0 Å². The van der Waals surface area contributed by atoms with Gasteiger partial charge in [-0.25, -0.2) is 0 Å². The van der Waals surface area contributed by atoms with Crippen molar-refractivity contribution in [2.75, 3.05) is 39.8 Å². The second kappa shape index (κ2) is 9.92. The number of benzene rings is 2. The van der Waals surface area contributed by atoms with Crippen LogP contribution in [0.1, 0.15) is 15.9 Å². The van der Waals surface area contributed by atoms with E-state index in [1.54, 1.807) is 6.08 Å². The summed E-state index contributed by atoms with van der Waals surface area (Å²) < 4.78 is 3.05. The summed E-state index contributed by atoms with van der Waals surface area (Å²) in [7, 11) is 2.14. The normalized spacial score (nSPS) is 16.9. The van der Waals surface area contributed by atoms with E-state index in [1.807, 2.05) is 48.7 Å². The molecule has 1 aliphatic heterocycles. The van der Waals surface area contributed by atoms with Crippen molar-refractivity contribution in [1.29, 1.82) is 0 Å². The molecule has 4 rings (SSSR count). The fraction of sp³-hybridized carbons (Fsp3) is 0.320. The molecule has 0 saturated carbocycles. The summed E-state index contributed by atoms with van der Waals surface area (Å²) in [5.41, 5.74) is 2.70. The maximum Gasteiger partial charge on any atom is 0.185 e. The average Bonchev–Trinajstić information content (AvgIpc) is 3.11. The maximum absolute atomic E-state index is 12.5. The number of aromatic nitrogens is 1. The Kier molecular flexibility index (Phi) is 7.02. The number of carbonyl (C=O) groups is 1. The molecule has 6 heteroatoms. The zero-order valence-electron chi connectivity index (χ0n) is 17.7. The SMILES string of the molecule is CN1CCN(C[C@@H](O)Cn2cc(/C=C/C(=O)c3ccc(Br)cc3)c3ccccc32)CC1. The summed E-state index contributed by atoms with van der Waals surface area (Å²) in [4.78, 5) is 17.2. The molecule has 0 spiro atoms. The van der Waals surface area contributed by atoms with E-state index in [-0.39, 0.29) is 5.78 Å². The van der Waals surface area contributed by atoms with E-state index >= 15 is 0 Å².